The van der Waals surface area contributed by atoms with E-state index in [-0.39, 0.29) is 5.97 Å². The molecule has 5 nitrogen and oxygen atoms in total. The number of ether oxygens (including phenoxy) is 1. The average molecular weight is 389 g/mol. The predicted molar refractivity (Wildman–Crippen MR) is 115 cm³/mol. The van der Waals surface area contributed by atoms with E-state index in [0.717, 1.165) is 23.3 Å². The molecule has 1 heterocycles. The van der Waals surface area contributed by atoms with Crippen LogP contribution in [0.2, 0.25) is 0 Å². The first-order valence-electron chi connectivity index (χ1n) is 9.89. The molecule has 1 unspecified atom stereocenters. The minimum Gasteiger partial charge on any atom is -0.464 e. The molecule has 1 aromatic heterocycles. The fourth-order valence-corrected chi connectivity index (χ4v) is 2.93. The zero-order valence-corrected chi connectivity index (χ0v) is 17.2. The van der Waals surface area contributed by atoms with E-state index in [4.69, 9.17) is 9.73 Å². The minimum absolute atomic E-state index is 0.376. The van der Waals surface area contributed by atoms with Crippen LogP contribution in [0.25, 0.3) is 0 Å². The van der Waals surface area contributed by atoms with Crippen LogP contribution in [0.15, 0.2) is 77.9 Å². The van der Waals surface area contributed by atoms with Gasteiger partial charge in [-0.15, -0.1) is 0 Å². The Kier molecular flexibility index (Phi) is 6.95. The highest BCUT2D eigenvalue weighted by Crippen LogP contribution is 2.22. The van der Waals surface area contributed by atoms with E-state index >= 15 is 0 Å². The predicted octanol–water partition coefficient (Wildman–Crippen LogP) is 4.59. The summed E-state index contributed by atoms with van der Waals surface area (Å²) in [5.41, 5.74) is 3.19. The lowest BCUT2D eigenvalue weighted by atomic mass is 10.0. The van der Waals surface area contributed by atoms with Gasteiger partial charge < -0.3 is 4.74 Å². The molecule has 0 bridgehead atoms. The molecule has 2 aromatic carbocycles. The smallest absolute Gasteiger partial charge is 0.337 e. The maximum absolute atomic E-state index is 13.0. The first-order chi connectivity index (χ1) is 14.0. The first kappa shape index (κ1) is 20.5. The number of aryl methyl sites for hydroxylation is 1. The molecule has 0 aliphatic rings. The lowest BCUT2D eigenvalue weighted by Gasteiger charge is -2.15. The maximum atomic E-state index is 13.0. The Morgan fingerprint density at radius 1 is 1.00 bits per heavy atom. The minimum atomic E-state index is -0.821. The van der Waals surface area contributed by atoms with E-state index in [1.54, 1.807) is 4.68 Å². The fourth-order valence-electron chi connectivity index (χ4n) is 2.93. The van der Waals surface area contributed by atoms with Crippen molar-refractivity contribution in [1.29, 1.82) is 0 Å². The molecule has 5 heteroatoms. The largest absolute Gasteiger partial charge is 0.464 e. The Balaban J connectivity index is 2.01. The number of carbonyl (C=O) groups is 1. The Bertz CT molecular complexity index is 905. The summed E-state index contributed by atoms with van der Waals surface area (Å²) in [6.45, 7) is 4.58. The van der Waals surface area contributed by atoms with Gasteiger partial charge in [-0.2, -0.15) is 5.10 Å². The second kappa shape index (κ2) is 9.82. The van der Waals surface area contributed by atoms with Gasteiger partial charge in [0.25, 0.3) is 0 Å². The highest BCUT2D eigenvalue weighted by molar-refractivity contribution is 6.13. The molecule has 0 aliphatic carbocycles. The zero-order valence-electron chi connectivity index (χ0n) is 17.2. The van der Waals surface area contributed by atoms with Gasteiger partial charge in [0.2, 0.25) is 0 Å². The number of aliphatic imine (C=N–C) groups is 1. The van der Waals surface area contributed by atoms with E-state index < -0.39 is 6.04 Å². The summed E-state index contributed by atoms with van der Waals surface area (Å²) in [5, 5.41) is 4.42. The van der Waals surface area contributed by atoms with Crippen LogP contribution in [0.5, 0.6) is 0 Å². The molecule has 0 fully saturated rings. The molecule has 150 valence electrons. The molecule has 3 aromatic rings. The van der Waals surface area contributed by atoms with Crippen LogP contribution in [0.4, 0.5) is 0 Å². The third kappa shape index (κ3) is 5.64. The highest BCUT2D eigenvalue weighted by Gasteiger charge is 2.25. The van der Waals surface area contributed by atoms with Gasteiger partial charge in [0.1, 0.15) is 0 Å². The van der Waals surface area contributed by atoms with Crippen LogP contribution in [-0.2, 0) is 16.6 Å². The van der Waals surface area contributed by atoms with Gasteiger partial charge in [-0.3, -0.25) is 9.67 Å². The van der Waals surface area contributed by atoms with Gasteiger partial charge in [0.05, 0.1) is 18.0 Å². The summed E-state index contributed by atoms with van der Waals surface area (Å²) >= 11 is 0. The average Bonchev–Trinajstić information content (AvgIpc) is 3.15. The Morgan fingerprint density at radius 2 is 1.59 bits per heavy atom. The third-order valence-corrected chi connectivity index (χ3v) is 4.53. The van der Waals surface area contributed by atoms with Crippen LogP contribution in [0.1, 0.15) is 43.1 Å². The van der Waals surface area contributed by atoms with Crippen molar-refractivity contribution in [3.05, 3.63) is 89.7 Å². The number of aromatic nitrogens is 2. The summed E-state index contributed by atoms with van der Waals surface area (Å²) in [4.78, 5) is 17.8. The van der Waals surface area contributed by atoms with Crippen LogP contribution in [0, 0.1) is 5.92 Å². The van der Waals surface area contributed by atoms with E-state index in [1.165, 1.54) is 0 Å². The molecule has 0 saturated carbocycles. The normalized spacial score (nSPS) is 11.9. The Labute approximate surface area is 172 Å². The lowest BCUT2D eigenvalue weighted by Crippen LogP contribution is -2.19. The van der Waals surface area contributed by atoms with Crippen molar-refractivity contribution in [2.75, 3.05) is 6.61 Å². The molecule has 3 rings (SSSR count). The van der Waals surface area contributed by atoms with E-state index in [9.17, 15) is 4.79 Å². The monoisotopic (exact) mass is 389 g/mol. The van der Waals surface area contributed by atoms with Crippen molar-refractivity contribution < 1.29 is 9.53 Å². The molecular formula is C24H27N3O2. The van der Waals surface area contributed by atoms with Gasteiger partial charge in [0.15, 0.2) is 6.04 Å². The van der Waals surface area contributed by atoms with Crippen molar-refractivity contribution in [3.63, 3.8) is 0 Å². The zero-order chi connectivity index (χ0) is 20.6. The van der Waals surface area contributed by atoms with Gasteiger partial charge in [-0.1, -0.05) is 74.5 Å². The van der Waals surface area contributed by atoms with E-state index in [2.05, 4.69) is 18.9 Å². The summed E-state index contributed by atoms with van der Waals surface area (Å²) in [6.07, 6.45) is 2.62. The second-order valence-electron chi connectivity index (χ2n) is 7.38. The summed E-state index contributed by atoms with van der Waals surface area (Å²) in [7, 11) is 1.82. The summed E-state index contributed by atoms with van der Waals surface area (Å²) in [5.74, 6) is 0.0810. The topological polar surface area (TPSA) is 56.5 Å². The van der Waals surface area contributed by atoms with Gasteiger partial charge in [0, 0.05) is 24.4 Å². The number of hydrogen-bond acceptors (Lipinski definition) is 4. The van der Waals surface area contributed by atoms with Gasteiger partial charge in [-0.05, 0) is 18.4 Å². The molecule has 29 heavy (non-hydrogen) atoms. The molecule has 0 saturated heterocycles. The Morgan fingerprint density at radius 3 is 2.07 bits per heavy atom. The van der Waals surface area contributed by atoms with Crippen LogP contribution < -0.4 is 0 Å². The fraction of sp³-hybridized carbons (Fsp3) is 0.292. The van der Waals surface area contributed by atoms with E-state index in [1.807, 2.05) is 80.0 Å². The maximum Gasteiger partial charge on any atom is 0.337 e. The van der Waals surface area contributed by atoms with Crippen molar-refractivity contribution in [2.24, 2.45) is 18.0 Å². The van der Waals surface area contributed by atoms with Crippen molar-refractivity contribution in [2.45, 2.75) is 26.3 Å². The molecule has 0 amide bonds. The molecule has 0 spiro atoms. The standard InChI is InChI=1S/C24H27N3O2/c1-18(2)15-17-29-24(28)23(21-14-16-27(3)26-21)25-22(19-10-6-4-7-11-19)20-12-8-5-9-13-20/h4-14,16,18,23H,15,17H2,1-3H3. The van der Waals surface area contributed by atoms with E-state index in [0.29, 0.717) is 18.2 Å². The third-order valence-electron chi connectivity index (χ3n) is 4.53. The molecule has 1 atom stereocenters. The SMILES string of the molecule is CC(C)CCOC(=O)C(N=C(c1ccccc1)c1ccccc1)c1ccn(C)n1. The number of esters is 1. The number of nitrogens with zero attached hydrogens (tertiary/aromatic N) is 3. The quantitative estimate of drug-likeness (QED) is 0.418. The van der Waals surface area contributed by atoms with Gasteiger partial charge >= 0.3 is 5.97 Å². The lowest BCUT2D eigenvalue weighted by molar-refractivity contribution is -0.145. The van der Waals surface area contributed by atoms with Crippen molar-refractivity contribution in [1.82, 2.24) is 9.78 Å². The number of benzene rings is 2. The first-order valence-corrected chi connectivity index (χ1v) is 9.89. The number of carbonyl (C=O) groups excluding carboxylic acids is 1. The summed E-state index contributed by atoms with van der Waals surface area (Å²) < 4.78 is 7.23. The second-order valence-corrected chi connectivity index (χ2v) is 7.38. The number of rotatable bonds is 8. The van der Waals surface area contributed by atoms with Crippen molar-refractivity contribution >= 4 is 11.7 Å². The molecule has 0 radical (unpaired) electrons. The molecular weight excluding hydrogens is 362 g/mol. The van der Waals surface area contributed by atoms with Gasteiger partial charge in [-0.25, -0.2) is 4.79 Å². The summed E-state index contributed by atoms with van der Waals surface area (Å²) in [6, 6.07) is 20.7. The van der Waals surface area contributed by atoms with Crippen LogP contribution in [-0.4, -0.2) is 28.1 Å². The highest BCUT2D eigenvalue weighted by atomic mass is 16.5. The number of hydrogen-bond donors (Lipinski definition) is 0. The molecule has 0 aliphatic heterocycles. The van der Waals surface area contributed by atoms with Crippen LogP contribution in [0.3, 0.4) is 0 Å². The van der Waals surface area contributed by atoms with Crippen LogP contribution >= 0.6 is 0 Å². The Hall–Kier alpha value is -3.21. The van der Waals surface area contributed by atoms with Crippen molar-refractivity contribution in [3.8, 4) is 0 Å². The molecule has 0 N–H and O–H groups in total.